The van der Waals surface area contributed by atoms with Gasteiger partial charge in [-0.2, -0.15) is 0 Å². The first-order valence-corrected chi connectivity index (χ1v) is 8.00. The molecule has 0 atom stereocenters. The average Bonchev–Trinajstić information content (AvgIpc) is 2.87. The number of aliphatic hydroxyl groups excluding tert-OH is 1. The standard InChI is InChI=1S/C12H19N3OS2/c1-9(2)13-8-10-11(17-6-3-5-16)14-12-15(10)4-7-18-12/h4,7,9,13,16H,3,5-6,8H2,1-2H3. The van der Waals surface area contributed by atoms with Gasteiger partial charge < -0.3 is 10.4 Å². The minimum Gasteiger partial charge on any atom is -0.396 e. The van der Waals surface area contributed by atoms with Crippen LogP contribution >= 0.6 is 23.1 Å². The molecule has 2 aromatic rings. The molecule has 4 nitrogen and oxygen atoms in total. The third kappa shape index (κ3) is 3.26. The van der Waals surface area contributed by atoms with E-state index in [0.29, 0.717) is 6.04 Å². The first kappa shape index (κ1) is 13.9. The van der Waals surface area contributed by atoms with Crippen molar-refractivity contribution in [3.05, 3.63) is 17.3 Å². The molecule has 0 amide bonds. The van der Waals surface area contributed by atoms with E-state index in [2.05, 4.69) is 40.1 Å². The smallest absolute Gasteiger partial charge is 0.194 e. The maximum atomic E-state index is 8.84. The van der Waals surface area contributed by atoms with Gasteiger partial charge in [-0.1, -0.05) is 13.8 Å². The number of hydrogen-bond acceptors (Lipinski definition) is 5. The molecule has 0 aliphatic heterocycles. The molecule has 100 valence electrons. The highest BCUT2D eigenvalue weighted by Crippen LogP contribution is 2.26. The number of hydrogen-bond donors (Lipinski definition) is 2. The molecule has 2 rings (SSSR count). The second-order valence-electron chi connectivity index (χ2n) is 4.38. The van der Waals surface area contributed by atoms with Gasteiger partial charge in [0.1, 0.15) is 5.03 Å². The monoisotopic (exact) mass is 285 g/mol. The summed E-state index contributed by atoms with van der Waals surface area (Å²) in [7, 11) is 0. The minimum atomic E-state index is 0.245. The molecule has 0 radical (unpaired) electrons. The van der Waals surface area contributed by atoms with E-state index in [1.54, 1.807) is 23.1 Å². The van der Waals surface area contributed by atoms with Crippen LogP contribution in [0.15, 0.2) is 16.6 Å². The summed E-state index contributed by atoms with van der Waals surface area (Å²) in [5.41, 5.74) is 1.22. The number of aromatic nitrogens is 2. The molecule has 0 spiro atoms. The summed E-state index contributed by atoms with van der Waals surface area (Å²) in [4.78, 5) is 5.69. The molecule has 0 bridgehead atoms. The van der Waals surface area contributed by atoms with Gasteiger partial charge in [-0.05, 0) is 6.42 Å². The predicted octanol–water partition coefficient (Wildman–Crippen LogP) is 2.37. The third-order valence-electron chi connectivity index (χ3n) is 2.54. The van der Waals surface area contributed by atoms with E-state index in [4.69, 9.17) is 5.11 Å². The lowest BCUT2D eigenvalue weighted by atomic mass is 10.3. The van der Waals surface area contributed by atoms with Gasteiger partial charge in [0.05, 0.1) is 5.69 Å². The fraction of sp³-hybridized carbons (Fsp3) is 0.583. The Balaban J connectivity index is 2.15. The number of imidazole rings is 1. The normalized spacial score (nSPS) is 11.8. The Morgan fingerprint density at radius 1 is 1.56 bits per heavy atom. The van der Waals surface area contributed by atoms with Crippen LogP contribution in [-0.4, -0.2) is 32.9 Å². The van der Waals surface area contributed by atoms with E-state index < -0.39 is 0 Å². The van der Waals surface area contributed by atoms with Crippen LogP contribution in [0.1, 0.15) is 26.0 Å². The highest BCUT2D eigenvalue weighted by molar-refractivity contribution is 7.99. The van der Waals surface area contributed by atoms with Gasteiger partial charge in [-0.25, -0.2) is 4.98 Å². The first-order valence-electron chi connectivity index (χ1n) is 6.14. The molecule has 2 heterocycles. The summed E-state index contributed by atoms with van der Waals surface area (Å²) in [5.74, 6) is 0.913. The van der Waals surface area contributed by atoms with Gasteiger partial charge >= 0.3 is 0 Å². The number of thioether (sulfide) groups is 1. The van der Waals surface area contributed by atoms with Gasteiger partial charge in [0.15, 0.2) is 4.96 Å². The molecule has 0 fully saturated rings. The summed E-state index contributed by atoms with van der Waals surface area (Å²) in [6, 6.07) is 0.462. The van der Waals surface area contributed by atoms with Gasteiger partial charge in [0, 0.05) is 36.5 Å². The Labute approximate surface area is 115 Å². The van der Waals surface area contributed by atoms with Crippen LogP contribution in [0.4, 0.5) is 0 Å². The number of aliphatic hydroxyl groups is 1. The predicted molar refractivity (Wildman–Crippen MR) is 77.5 cm³/mol. The lowest BCUT2D eigenvalue weighted by Crippen LogP contribution is -2.22. The topological polar surface area (TPSA) is 49.6 Å². The summed E-state index contributed by atoms with van der Waals surface area (Å²) in [6.45, 7) is 5.36. The molecular formula is C12H19N3OS2. The van der Waals surface area contributed by atoms with Crippen LogP contribution in [0.25, 0.3) is 4.96 Å². The second kappa shape index (κ2) is 6.56. The summed E-state index contributed by atoms with van der Waals surface area (Å²) in [6.07, 6.45) is 2.88. The zero-order chi connectivity index (χ0) is 13.0. The fourth-order valence-electron chi connectivity index (χ4n) is 1.62. The molecule has 0 saturated carbocycles. The van der Waals surface area contributed by atoms with Crippen LogP contribution in [-0.2, 0) is 6.54 Å². The first-order chi connectivity index (χ1) is 8.72. The van der Waals surface area contributed by atoms with E-state index in [1.807, 2.05) is 0 Å². The molecule has 0 unspecified atom stereocenters. The molecule has 0 aliphatic carbocycles. The number of thiazole rings is 1. The fourth-order valence-corrected chi connectivity index (χ4v) is 3.37. The molecule has 0 saturated heterocycles. The van der Waals surface area contributed by atoms with Crippen LogP contribution in [0.3, 0.4) is 0 Å². The Kier molecular flexibility index (Phi) is 5.05. The molecule has 2 N–H and O–H groups in total. The lowest BCUT2D eigenvalue weighted by molar-refractivity contribution is 0.296. The number of nitrogens with zero attached hydrogens (tertiary/aromatic N) is 2. The quantitative estimate of drug-likeness (QED) is 0.606. The lowest BCUT2D eigenvalue weighted by Gasteiger charge is -2.08. The Bertz CT molecular complexity index is 492. The average molecular weight is 285 g/mol. The Morgan fingerprint density at radius 3 is 3.11 bits per heavy atom. The zero-order valence-corrected chi connectivity index (χ0v) is 12.4. The molecule has 0 aromatic carbocycles. The molecule has 6 heteroatoms. The Morgan fingerprint density at radius 2 is 2.39 bits per heavy atom. The number of fused-ring (bicyclic) bond motifs is 1. The van der Waals surface area contributed by atoms with Crippen molar-refractivity contribution in [2.75, 3.05) is 12.4 Å². The summed E-state index contributed by atoms with van der Waals surface area (Å²) < 4.78 is 2.15. The van der Waals surface area contributed by atoms with Gasteiger partial charge in [0.2, 0.25) is 0 Å². The highest BCUT2D eigenvalue weighted by Gasteiger charge is 2.13. The zero-order valence-electron chi connectivity index (χ0n) is 10.7. The minimum absolute atomic E-state index is 0.245. The van der Waals surface area contributed by atoms with Crippen molar-refractivity contribution in [1.29, 1.82) is 0 Å². The summed E-state index contributed by atoms with van der Waals surface area (Å²) in [5, 5.41) is 15.4. The Hall–Kier alpha value is -0.560. The third-order valence-corrected chi connectivity index (χ3v) is 4.39. The SMILES string of the molecule is CC(C)NCc1c(SCCCO)nc2sccn12. The maximum Gasteiger partial charge on any atom is 0.194 e. The molecular weight excluding hydrogens is 266 g/mol. The van der Waals surface area contributed by atoms with E-state index in [1.165, 1.54) is 5.69 Å². The van der Waals surface area contributed by atoms with E-state index in [-0.39, 0.29) is 6.61 Å². The van der Waals surface area contributed by atoms with E-state index in [0.717, 1.165) is 28.7 Å². The summed E-state index contributed by atoms with van der Waals surface area (Å²) >= 11 is 3.39. The van der Waals surface area contributed by atoms with E-state index >= 15 is 0 Å². The second-order valence-corrected chi connectivity index (χ2v) is 6.34. The molecule has 2 aromatic heterocycles. The molecule has 0 aliphatic rings. The van der Waals surface area contributed by atoms with Crippen molar-refractivity contribution in [1.82, 2.24) is 14.7 Å². The van der Waals surface area contributed by atoms with Crippen LogP contribution in [0.5, 0.6) is 0 Å². The molecule has 18 heavy (non-hydrogen) atoms. The van der Waals surface area contributed by atoms with Crippen molar-refractivity contribution in [2.24, 2.45) is 0 Å². The maximum absolute atomic E-state index is 8.84. The van der Waals surface area contributed by atoms with Crippen LogP contribution < -0.4 is 5.32 Å². The number of nitrogens with one attached hydrogen (secondary N) is 1. The van der Waals surface area contributed by atoms with Crippen molar-refractivity contribution >= 4 is 28.1 Å². The van der Waals surface area contributed by atoms with Gasteiger partial charge in [-0.15, -0.1) is 23.1 Å². The highest BCUT2D eigenvalue weighted by atomic mass is 32.2. The van der Waals surface area contributed by atoms with Crippen molar-refractivity contribution in [3.8, 4) is 0 Å². The van der Waals surface area contributed by atoms with Gasteiger partial charge in [0.25, 0.3) is 0 Å². The van der Waals surface area contributed by atoms with Crippen molar-refractivity contribution in [2.45, 2.75) is 37.9 Å². The van der Waals surface area contributed by atoms with Gasteiger partial charge in [-0.3, -0.25) is 4.40 Å². The van der Waals surface area contributed by atoms with Crippen LogP contribution in [0, 0.1) is 0 Å². The number of rotatable bonds is 7. The largest absolute Gasteiger partial charge is 0.396 e. The van der Waals surface area contributed by atoms with Crippen molar-refractivity contribution in [3.63, 3.8) is 0 Å². The van der Waals surface area contributed by atoms with Crippen LogP contribution in [0.2, 0.25) is 0 Å². The van der Waals surface area contributed by atoms with Crippen molar-refractivity contribution < 1.29 is 5.11 Å². The van der Waals surface area contributed by atoms with E-state index in [9.17, 15) is 0 Å².